The number of hydrogen-bond acceptors (Lipinski definition) is 6. The van der Waals surface area contributed by atoms with Gasteiger partial charge in [0, 0.05) is 5.69 Å². The molecule has 11 heteroatoms. The van der Waals surface area contributed by atoms with Gasteiger partial charge < -0.3 is 14.8 Å². The van der Waals surface area contributed by atoms with Crippen LogP contribution in [-0.2, 0) is 21.0 Å². The smallest absolute Gasteiger partial charge is 0.335 e. The minimum absolute atomic E-state index is 0.237. The molecule has 0 spiro atoms. The molecule has 1 heterocycles. The van der Waals surface area contributed by atoms with Crippen molar-refractivity contribution in [3.63, 3.8) is 0 Å². The highest BCUT2D eigenvalue weighted by atomic mass is 79.9. The summed E-state index contributed by atoms with van der Waals surface area (Å²) in [6.45, 7) is 4.00. The fourth-order valence-corrected chi connectivity index (χ4v) is 5.95. The van der Waals surface area contributed by atoms with Crippen molar-refractivity contribution in [1.82, 2.24) is 5.32 Å². The van der Waals surface area contributed by atoms with Gasteiger partial charge in [-0.3, -0.25) is 19.7 Å². The van der Waals surface area contributed by atoms with E-state index in [1.54, 1.807) is 36.4 Å². The van der Waals surface area contributed by atoms with E-state index in [2.05, 4.69) is 42.5 Å². The first-order chi connectivity index (χ1) is 21.6. The summed E-state index contributed by atoms with van der Waals surface area (Å²) in [5.74, 6) is -1.02. The van der Waals surface area contributed by atoms with Gasteiger partial charge in [-0.15, -0.1) is 0 Å². The predicted octanol–water partition coefficient (Wildman–Crippen LogP) is 7.09. The topological polar surface area (TPSA) is 114 Å². The minimum atomic E-state index is -0.856. The molecule has 0 aliphatic carbocycles. The molecule has 9 nitrogen and oxygen atoms in total. The van der Waals surface area contributed by atoms with Crippen molar-refractivity contribution >= 4 is 73.1 Å². The molecule has 1 aliphatic heterocycles. The Hall–Kier alpha value is -4.74. The van der Waals surface area contributed by atoms with Gasteiger partial charge in [0.05, 0.1) is 14.6 Å². The third-order valence-corrected chi connectivity index (χ3v) is 8.18. The fourth-order valence-electron chi connectivity index (χ4n) is 4.50. The van der Waals surface area contributed by atoms with Crippen LogP contribution in [0.3, 0.4) is 0 Å². The molecule has 0 atom stereocenters. The Morgan fingerprint density at radius 3 is 2.27 bits per heavy atom. The normalized spacial score (nSPS) is 13.9. The highest BCUT2D eigenvalue weighted by Gasteiger charge is 2.37. The van der Waals surface area contributed by atoms with Crippen molar-refractivity contribution in [3.05, 3.63) is 122 Å². The molecule has 5 rings (SSSR count). The van der Waals surface area contributed by atoms with Gasteiger partial charge in [-0.1, -0.05) is 42.5 Å². The average Bonchev–Trinajstić information content (AvgIpc) is 3.01. The molecule has 0 bridgehead atoms. The van der Waals surface area contributed by atoms with Crippen molar-refractivity contribution in [2.75, 3.05) is 16.8 Å². The van der Waals surface area contributed by atoms with Gasteiger partial charge in [0.25, 0.3) is 17.7 Å². The lowest BCUT2D eigenvalue weighted by Crippen LogP contribution is -2.54. The summed E-state index contributed by atoms with van der Waals surface area (Å²) in [5, 5.41) is 5.07. The molecule has 1 aliphatic rings. The van der Waals surface area contributed by atoms with Crippen LogP contribution in [0.25, 0.3) is 6.08 Å². The molecule has 5 amide bonds. The highest BCUT2D eigenvalue weighted by molar-refractivity contribution is 9.11. The van der Waals surface area contributed by atoms with Gasteiger partial charge in [-0.2, -0.15) is 0 Å². The van der Waals surface area contributed by atoms with E-state index in [0.717, 1.165) is 21.6 Å². The van der Waals surface area contributed by atoms with E-state index < -0.39 is 17.8 Å². The van der Waals surface area contributed by atoms with Crippen LogP contribution < -0.4 is 25.0 Å². The first-order valence-electron chi connectivity index (χ1n) is 13.8. The number of aryl methyl sites for hydroxylation is 1. The number of anilines is 2. The number of rotatable bonds is 9. The molecular weight excluding hydrogens is 706 g/mol. The number of carbonyl (C=O) groups excluding carboxylic acids is 4. The third kappa shape index (κ3) is 7.50. The predicted molar refractivity (Wildman–Crippen MR) is 178 cm³/mol. The maximum atomic E-state index is 13.4. The Kier molecular flexibility index (Phi) is 9.80. The lowest BCUT2D eigenvalue weighted by molar-refractivity contribution is -0.122. The number of carbonyl (C=O) groups is 4. The molecule has 4 aromatic carbocycles. The Balaban J connectivity index is 1.28. The summed E-state index contributed by atoms with van der Waals surface area (Å²) in [7, 11) is 0. The van der Waals surface area contributed by atoms with Gasteiger partial charge in [0.2, 0.25) is 0 Å². The van der Waals surface area contributed by atoms with Gasteiger partial charge in [-0.25, -0.2) is 9.69 Å². The number of nitrogens with one attached hydrogen (secondary N) is 2. The summed E-state index contributed by atoms with van der Waals surface area (Å²) < 4.78 is 12.5. The lowest BCUT2D eigenvalue weighted by atomic mass is 10.1. The van der Waals surface area contributed by atoms with Crippen LogP contribution in [0.5, 0.6) is 11.5 Å². The summed E-state index contributed by atoms with van der Waals surface area (Å²) >= 11 is 6.89. The number of barbiturate groups is 1. The van der Waals surface area contributed by atoms with Crippen molar-refractivity contribution in [3.8, 4) is 11.5 Å². The Bertz CT molecular complexity index is 1800. The lowest BCUT2D eigenvalue weighted by Gasteiger charge is -2.26. The highest BCUT2D eigenvalue weighted by Crippen LogP contribution is 2.36. The van der Waals surface area contributed by atoms with Crippen LogP contribution in [0.2, 0.25) is 0 Å². The summed E-state index contributed by atoms with van der Waals surface area (Å²) in [5.41, 5.74) is 4.24. The largest absolute Gasteiger partial charge is 0.489 e. The average molecular weight is 733 g/mol. The SMILES string of the molecule is Cc1cccc(NC(=O)COc2c(Br)cc(/C=C3/C(=O)NC(=O)N(c4ccc(OCc5ccccc5)cc4)C3=O)cc2Br)c1C. The maximum absolute atomic E-state index is 13.4. The third-order valence-electron chi connectivity index (χ3n) is 7.00. The number of halogens is 2. The summed E-state index contributed by atoms with van der Waals surface area (Å²) in [6, 6.07) is 24.2. The fraction of sp³-hybridized carbons (Fsp3) is 0.118. The van der Waals surface area contributed by atoms with Crippen molar-refractivity contribution < 1.29 is 28.7 Å². The molecule has 1 fully saturated rings. The molecule has 0 unspecified atom stereocenters. The molecule has 2 N–H and O–H groups in total. The second-order valence-electron chi connectivity index (χ2n) is 10.1. The molecule has 0 saturated carbocycles. The Morgan fingerprint density at radius 2 is 1.58 bits per heavy atom. The zero-order valence-electron chi connectivity index (χ0n) is 24.2. The number of imide groups is 2. The molecular formula is C34H27Br2N3O6. The number of hydrogen-bond donors (Lipinski definition) is 2. The van der Waals surface area contributed by atoms with Crippen LogP contribution in [0, 0.1) is 13.8 Å². The number of amides is 5. The number of nitrogens with zero attached hydrogens (tertiary/aromatic N) is 1. The first kappa shape index (κ1) is 31.7. The summed E-state index contributed by atoms with van der Waals surface area (Å²) in [6.07, 6.45) is 1.38. The Morgan fingerprint density at radius 1 is 0.889 bits per heavy atom. The standard InChI is InChI=1S/C34H27Br2N3O6/c1-20-7-6-10-29(21(20)2)37-30(40)19-45-31-27(35)16-23(17-28(31)36)15-26-32(41)38-34(43)39(33(26)42)24-11-13-25(14-12-24)44-18-22-8-4-3-5-9-22/h3-17H,18-19H2,1-2H3,(H,37,40)(H,38,41,43)/b26-15-. The first-order valence-corrected chi connectivity index (χ1v) is 15.4. The van der Waals surface area contributed by atoms with E-state index in [-0.39, 0.29) is 23.8 Å². The van der Waals surface area contributed by atoms with Gasteiger partial charge >= 0.3 is 6.03 Å². The van der Waals surface area contributed by atoms with E-state index in [1.807, 2.05) is 62.4 Å². The quantitative estimate of drug-likeness (QED) is 0.140. The molecule has 0 radical (unpaired) electrons. The van der Waals surface area contributed by atoms with Gasteiger partial charge in [-0.05, 0) is 117 Å². The molecule has 0 aromatic heterocycles. The van der Waals surface area contributed by atoms with Crippen LogP contribution in [-0.4, -0.2) is 30.4 Å². The number of urea groups is 1. The van der Waals surface area contributed by atoms with E-state index in [9.17, 15) is 19.2 Å². The van der Waals surface area contributed by atoms with E-state index in [0.29, 0.717) is 38.3 Å². The second kappa shape index (κ2) is 13.9. The number of benzene rings is 4. The molecule has 228 valence electrons. The van der Waals surface area contributed by atoms with Crippen molar-refractivity contribution in [1.29, 1.82) is 0 Å². The summed E-state index contributed by atoms with van der Waals surface area (Å²) in [4.78, 5) is 52.3. The van der Waals surface area contributed by atoms with Crippen LogP contribution in [0.1, 0.15) is 22.3 Å². The van der Waals surface area contributed by atoms with Crippen molar-refractivity contribution in [2.45, 2.75) is 20.5 Å². The van der Waals surface area contributed by atoms with E-state index >= 15 is 0 Å². The molecule has 45 heavy (non-hydrogen) atoms. The Labute approximate surface area is 276 Å². The molecule has 4 aromatic rings. The second-order valence-corrected chi connectivity index (χ2v) is 11.8. The maximum Gasteiger partial charge on any atom is 0.335 e. The van der Waals surface area contributed by atoms with Gasteiger partial charge in [0.15, 0.2) is 6.61 Å². The van der Waals surface area contributed by atoms with Crippen LogP contribution in [0.15, 0.2) is 99.4 Å². The van der Waals surface area contributed by atoms with Crippen molar-refractivity contribution in [2.24, 2.45) is 0 Å². The molecule has 1 saturated heterocycles. The minimum Gasteiger partial charge on any atom is -0.489 e. The zero-order chi connectivity index (χ0) is 32.1. The monoisotopic (exact) mass is 731 g/mol. The van der Waals surface area contributed by atoms with E-state index in [4.69, 9.17) is 9.47 Å². The van der Waals surface area contributed by atoms with Crippen LogP contribution in [0.4, 0.5) is 16.2 Å². The van der Waals surface area contributed by atoms with Crippen LogP contribution >= 0.6 is 31.9 Å². The number of ether oxygens (including phenoxy) is 2. The van der Waals surface area contributed by atoms with Gasteiger partial charge in [0.1, 0.15) is 23.7 Å². The zero-order valence-corrected chi connectivity index (χ0v) is 27.4. The van der Waals surface area contributed by atoms with E-state index in [1.165, 1.54) is 6.08 Å².